The first-order valence-corrected chi connectivity index (χ1v) is 3.76. The van der Waals surface area contributed by atoms with Crippen molar-refractivity contribution in [2.45, 2.75) is 0 Å². The standard InChI is InChI=1S/C7H3BrFNO/c8-4-1-2-6-5(3-4)10-7(9)11-6/h1-3H. The van der Waals surface area contributed by atoms with Crippen molar-refractivity contribution in [1.82, 2.24) is 4.98 Å². The van der Waals surface area contributed by atoms with Crippen LogP contribution in [0.3, 0.4) is 0 Å². The van der Waals surface area contributed by atoms with Gasteiger partial charge in [0, 0.05) is 4.47 Å². The number of hydrogen-bond donors (Lipinski definition) is 0. The number of nitrogens with zero attached hydrogens (tertiary/aromatic N) is 1. The van der Waals surface area contributed by atoms with Crippen molar-refractivity contribution in [3.8, 4) is 0 Å². The van der Waals surface area contributed by atoms with Gasteiger partial charge in [-0.3, -0.25) is 0 Å². The van der Waals surface area contributed by atoms with Crippen LogP contribution >= 0.6 is 15.9 Å². The van der Waals surface area contributed by atoms with Crippen molar-refractivity contribution in [1.29, 1.82) is 0 Å². The molecule has 1 aromatic heterocycles. The highest BCUT2D eigenvalue weighted by Gasteiger charge is 2.03. The first-order chi connectivity index (χ1) is 5.25. The van der Waals surface area contributed by atoms with Gasteiger partial charge in [0.25, 0.3) is 0 Å². The lowest BCUT2D eigenvalue weighted by molar-refractivity contribution is 0.355. The summed E-state index contributed by atoms with van der Waals surface area (Å²) in [6.45, 7) is 0. The molecule has 2 aromatic rings. The molecular formula is C7H3BrFNO. The van der Waals surface area contributed by atoms with Crippen molar-refractivity contribution < 1.29 is 8.81 Å². The molecule has 11 heavy (non-hydrogen) atoms. The van der Waals surface area contributed by atoms with E-state index in [1.54, 1.807) is 18.2 Å². The Hall–Kier alpha value is -0.900. The molecule has 0 aliphatic heterocycles. The molecule has 0 unspecified atom stereocenters. The van der Waals surface area contributed by atoms with Gasteiger partial charge in [-0.1, -0.05) is 15.9 Å². The van der Waals surface area contributed by atoms with Gasteiger partial charge in [-0.15, -0.1) is 4.39 Å². The molecule has 56 valence electrons. The molecule has 0 saturated heterocycles. The van der Waals surface area contributed by atoms with Crippen LogP contribution in [0, 0.1) is 6.14 Å². The van der Waals surface area contributed by atoms with Crippen LogP contribution in [0.15, 0.2) is 27.1 Å². The zero-order valence-electron chi connectivity index (χ0n) is 5.34. The molecule has 0 saturated carbocycles. The van der Waals surface area contributed by atoms with Crippen LogP contribution in [0.25, 0.3) is 11.1 Å². The van der Waals surface area contributed by atoms with Crippen LogP contribution in [-0.4, -0.2) is 4.98 Å². The highest BCUT2D eigenvalue weighted by atomic mass is 79.9. The lowest BCUT2D eigenvalue weighted by atomic mass is 10.3. The normalized spacial score (nSPS) is 10.7. The predicted octanol–water partition coefficient (Wildman–Crippen LogP) is 2.73. The Morgan fingerprint density at radius 1 is 1.45 bits per heavy atom. The van der Waals surface area contributed by atoms with Gasteiger partial charge in [-0.25, -0.2) is 0 Å². The molecular weight excluding hydrogens is 213 g/mol. The van der Waals surface area contributed by atoms with Gasteiger partial charge in [-0.2, -0.15) is 4.98 Å². The van der Waals surface area contributed by atoms with Gasteiger partial charge in [0.2, 0.25) is 0 Å². The molecule has 2 nitrogen and oxygen atoms in total. The number of halogens is 2. The number of rotatable bonds is 0. The van der Waals surface area contributed by atoms with Gasteiger partial charge >= 0.3 is 6.14 Å². The first kappa shape index (κ1) is 6.79. The summed E-state index contributed by atoms with van der Waals surface area (Å²) in [5.41, 5.74) is 0.988. The molecule has 0 aliphatic rings. The number of hydrogen-bond acceptors (Lipinski definition) is 2. The lowest BCUT2D eigenvalue weighted by Gasteiger charge is -1.85. The van der Waals surface area contributed by atoms with E-state index in [1.165, 1.54) is 0 Å². The van der Waals surface area contributed by atoms with E-state index in [9.17, 15) is 4.39 Å². The van der Waals surface area contributed by atoms with Crippen molar-refractivity contribution in [2.75, 3.05) is 0 Å². The van der Waals surface area contributed by atoms with Crippen molar-refractivity contribution in [2.24, 2.45) is 0 Å². The summed E-state index contributed by atoms with van der Waals surface area (Å²) in [6, 6.07) is 5.13. The summed E-state index contributed by atoms with van der Waals surface area (Å²) >= 11 is 3.24. The predicted molar refractivity (Wildman–Crippen MR) is 41.7 cm³/mol. The van der Waals surface area contributed by atoms with Crippen LogP contribution in [0.5, 0.6) is 0 Å². The third-order valence-electron chi connectivity index (χ3n) is 1.32. The van der Waals surface area contributed by atoms with E-state index in [0.29, 0.717) is 11.1 Å². The number of fused-ring (bicyclic) bond motifs is 1. The SMILES string of the molecule is Fc1nc2cc(Br)ccc2o1. The van der Waals surface area contributed by atoms with Crippen molar-refractivity contribution in [3.05, 3.63) is 28.8 Å². The van der Waals surface area contributed by atoms with E-state index in [4.69, 9.17) is 0 Å². The molecule has 0 bridgehead atoms. The largest absolute Gasteiger partial charge is 0.415 e. The Kier molecular flexibility index (Phi) is 1.42. The molecule has 1 heterocycles. The van der Waals surface area contributed by atoms with Gasteiger partial charge < -0.3 is 4.42 Å². The van der Waals surface area contributed by atoms with Crippen molar-refractivity contribution in [3.63, 3.8) is 0 Å². The van der Waals surface area contributed by atoms with E-state index in [-0.39, 0.29) is 0 Å². The van der Waals surface area contributed by atoms with Crippen LogP contribution in [0.4, 0.5) is 4.39 Å². The molecule has 0 N–H and O–H groups in total. The van der Waals surface area contributed by atoms with Gasteiger partial charge in [0.1, 0.15) is 5.52 Å². The van der Waals surface area contributed by atoms with Crippen LogP contribution in [0.2, 0.25) is 0 Å². The van der Waals surface area contributed by atoms with Gasteiger partial charge in [-0.05, 0) is 18.2 Å². The molecule has 0 atom stereocenters. The number of aromatic nitrogens is 1. The van der Waals surface area contributed by atoms with E-state index in [2.05, 4.69) is 25.3 Å². The maximum absolute atomic E-state index is 12.4. The fraction of sp³-hybridized carbons (Fsp3) is 0. The van der Waals surface area contributed by atoms with E-state index < -0.39 is 6.14 Å². The third-order valence-corrected chi connectivity index (χ3v) is 1.82. The second kappa shape index (κ2) is 2.30. The molecule has 0 amide bonds. The monoisotopic (exact) mass is 215 g/mol. The van der Waals surface area contributed by atoms with Gasteiger partial charge in [0.05, 0.1) is 0 Å². The summed E-state index contributed by atoms with van der Waals surface area (Å²) in [7, 11) is 0. The van der Waals surface area contributed by atoms with E-state index >= 15 is 0 Å². The Balaban J connectivity index is 2.82. The van der Waals surface area contributed by atoms with Gasteiger partial charge in [0.15, 0.2) is 5.58 Å². The third kappa shape index (κ3) is 1.14. The average Bonchev–Trinajstić information content (AvgIpc) is 2.27. The summed E-state index contributed by atoms with van der Waals surface area (Å²) in [4.78, 5) is 3.51. The summed E-state index contributed by atoms with van der Waals surface area (Å²) in [5, 5.41) is 0. The second-order valence-electron chi connectivity index (χ2n) is 2.08. The zero-order chi connectivity index (χ0) is 7.84. The molecule has 1 aromatic carbocycles. The summed E-state index contributed by atoms with van der Waals surface area (Å²) < 4.78 is 17.8. The maximum Gasteiger partial charge on any atom is 0.382 e. The van der Waals surface area contributed by atoms with Crippen LogP contribution in [0.1, 0.15) is 0 Å². The first-order valence-electron chi connectivity index (χ1n) is 2.97. The molecule has 4 heteroatoms. The van der Waals surface area contributed by atoms with Crippen LogP contribution in [-0.2, 0) is 0 Å². The van der Waals surface area contributed by atoms with E-state index in [0.717, 1.165) is 4.47 Å². The quantitative estimate of drug-likeness (QED) is 0.676. The second-order valence-corrected chi connectivity index (χ2v) is 2.99. The number of oxazole rings is 1. The molecule has 2 rings (SSSR count). The summed E-state index contributed by atoms with van der Waals surface area (Å²) in [6.07, 6.45) is -0.793. The van der Waals surface area contributed by atoms with E-state index in [1.807, 2.05) is 0 Å². The Morgan fingerprint density at radius 3 is 3.09 bits per heavy atom. The maximum atomic E-state index is 12.4. The minimum atomic E-state index is -0.793. The fourth-order valence-corrected chi connectivity index (χ4v) is 1.22. The lowest BCUT2D eigenvalue weighted by Crippen LogP contribution is -1.68. The molecule has 0 fully saturated rings. The minimum absolute atomic E-state index is 0.464. The smallest absolute Gasteiger partial charge is 0.382 e. The highest BCUT2D eigenvalue weighted by molar-refractivity contribution is 9.10. The summed E-state index contributed by atoms with van der Waals surface area (Å²) in [5.74, 6) is 0. The Labute approximate surface area is 70.2 Å². The average molecular weight is 216 g/mol. The minimum Gasteiger partial charge on any atom is -0.415 e. The topological polar surface area (TPSA) is 26.0 Å². The molecule has 0 radical (unpaired) electrons. The molecule has 0 aliphatic carbocycles. The Morgan fingerprint density at radius 2 is 2.27 bits per heavy atom. The fourth-order valence-electron chi connectivity index (χ4n) is 0.872. The molecule has 0 spiro atoms. The zero-order valence-corrected chi connectivity index (χ0v) is 6.93. The van der Waals surface area contributed by atoms with Crippen molar-refractivity contribution >= 4 is 27.0 Å². The Bertz CT molecular complexity index is 398. The van der Waals surface area contributed by atoms with Crippen LogP contribution < -0.4 is 0 Å². The number of benzene rings is 1. The highest BCUT2D eigenvalue weighted by Crippen LogP contribution is 2.19.